The van der Waals surface area contributed by atoms with E-state index in [9.17, 15) is 18.0 Å². The summed E-state index contributed by atoms with van der Waals surface area (Å²) in [6, 6.07) is 7.88. The van der Waals surface area contributed by atoms with Gasteiger partial charge in [-0.3, -0.25) is 9.59 Å². The van der Waals surface area contributed by atoms with E-state index >= 15 is 0 Å². The van der Waals surface area contributed by atoms with Gasteiger partial charge in [-0.15, -0.1) is 0 Å². The molecule has 2 N–H and O–H groups in total. The number of nitrogens with two attached hydrogens (primary N) is 1. The summed E-state index contributed by atoms with van der Waals surface area (Å²) in [5, 5.41) is -1.36. The lowest BCUT2D eigenvalue weighted by molar-refractivity contribution is -0.140. The number of Topliss-reactive ketones (excluding diaryl/α,β-unsaturated/α-hetero) is 1. The van der Waals surface area contributed by atoms with Crippen LogP contribution < -0.4 is 5.73 Å². The van der Waals surface area contributed by atoms with Gasteiger partial charge < -0.3 is 10.6 Å². The van der Waals surface area contributed by atoms with Gasteiger partial charge in [-0.05, 0) is 5.56 Å². The van der Waals surface area contributed by atoms with Crippen molar-refractivity contribution in [2.45, 2.75) is 11.3 Å². The van der Waals surface area contributed by atoms with Crippen LogP contribution in [-0.2, 0) is 19.4 Å². The highest BCUT2D eigenvalue weighted by molar-refractivity contribution is 7.92. The lowest BCUT2D eigenvalue weighted by Gasteiger charge is -2.26. The van der Waals surface area contributed by atoms with Crippen LogP contribution in [-0.4, -0.2) is 49.6 Å². The van der Waals surface area contributed by atoms with Crippen LogP contribution in [0.2, 0.25) is 0 Å². The molecule has 0 aliphatic carbocycles. The van der Waals surface area contributed by atoms with Crippen molar-refractivity contribution in [3.8, 4) is 0 Å². The number of hydrogen-bond donors (Lipinski definition) is 1. The fraction of sp³-hybridized carbons (Fsp3) is 0.385. The molecule has 6 nitrogen and oxygen atoms in total. The molecule has 7 heteroatoms. The molecule has 1 heterocycles. The highest BCUT2D eigenvalue weighted by Crippen LogP contribution is 2.34. The Morgan fingerprint density at radius 1 is 1.20 bits per heavy atom. The zero-order valence-electron chi connectivity index (χ0n) is 11.0. The third kappa shape index (κ3) is 2.46. The molecule has 1 aliphatic rings. The minimum atomic E-state index is -3.69. The van der Waals surface area contributed by atoms with Crippen molar-refractivity contribution in [1.82, 2.24) is 4.90 Å². The van der Waals surface area contributed by atoms with E-state index in [1.54, 1.807) is 30.3 Å². The molecule has 108 valence electrons. The third-order valence-electron chi connectivity index (χ3n) is 3.32. The highest BCUT2D eigenvalue weighted by Gasteiger charge is 2.52. The van der Waals surface area contributed by atoms with Crippen LogP contribution in [0.15, 0.2) is 30.3 Å². The topological polar surface area (TPSA) is 97.5 Å². The first kappa shape index (κ1) is 14.7. The first-order valence-electron chi connectivity index (χ1n) is 6.16. The summed E-state index contributed by atoms with van der Waals surface area (Å²) < 4.78 is 23.8. The van der Waals surface area contributed by atoms with Crippen molar-refractivity contribution in [2.24, 2.45) is 5.73 Å². The molecule has 2 rings (SSSR count). The van der Waals surface area contributed by atoms with E-state index in [1.165, 1.54) is 4.90 Å². The number of carbonyl (C=O) groups is 2. The molecule has 0 aromatic heterocycles. The van der Waals surface area contributed by atoms with Crippen molar-refractivity contribution in [3.05, 3.63) is 35.9 Å². The standard InChI is InChI=1S/C13H16N2O4S/c1-20(18,19)12-10(9-5-3-2-4-6-9)15(8-7-14)13(17)11(12)16/h2-6,10,12H,7-8,14H2,1H3. The van der Waals surface area contributed by atoms with Gasteiger partial charge in [-0.1, -0.05) is 30.3 Å². The van der Waals surface area contributed by atoms with E-state index in [2.05, 4.69) is 0 Å². The summed E-state index contributed by atoms with van der Waals surface area (Å²) in [7, 11) is -3.69. The molecule has 2 atom stereocenters. The molecule has 0 bridgehead atoms. The Morgan fingerprint density at radius 2 is 1.80 bits per heavy atom. The van der Waals surface area contributed by atoms with Gasteiger partial charge in [0, 0.05) is 19.3 Å². The van der Waals surface area contributed by atoms with Crippen LogP contribution in [0.4, 0.5) is 0 Å². The fourth-order valence-electron chi connectivity index (χ4n) is 2.51. The lowest BCUT2D eigenvalue weighted by atomic mass is 10.0. The Kier molecular flexibility index (Phi) is 3.92. The number of ketones is 1. The quantitative estimate of drug-likeness (QED) is 0.756. The summed E-state index contributed by atoms with van der Waals surface area (Å²) in [4.78, 5) is 25.3. The van der Waals surface area contributed by atoms with E-state index < -0.39 is 32.8 Å². The minimum Gasteiger partial charge on any atom is -0.329 e. The molecule has 1 amide bonds. The normalized spacial score (nSPS) is 23.4. The Bertz CT molecular complexity index is 627. The van der Waals surface area contributed by atoms with Crippen molar-refractivity contribution < 1.29 is 18.0 Å². The monoisotopic (exact) mass is 296 g/mol. The molecule has 1 aliphatic heterocycles. The second-order valence-electron chi connectivity index (χ2n) is 4.76. The molecule has 2 unspecified atom stereocenters. The fourth-order valence-corrected chi connectivity index (χ4v) is 3.77. The van der Waals surface area contributed by atoms with Crippen LogP contribution >= 0.6 is 0 Å². The van der Waals surface area contributed by atoms with Gasteiger partial charge in [0.2, 0.25) is 5.78 Å². The molecule has 1 aromatic carbocycles. The molecule has 20 heavy (non-hydrogen) atoms. The largest absolute Gasteiger partial charge is 0.329 e. The highest BCUT2D eigenvalue weighted by atomic mass is 32.2. The molecule has 1 saturated heterocycles. The number of likely N-dealkylation sites (tertiary alicyclic amines) is 1. The van der Waals surface area contributed by atoms with E-state index in [-0.39, 0.29) is 13.1 Å². The molecule has 1 aromatic rings. The van der Waals surface area contributed by atoms with Gasteiger partial charge in [0.1, 0.15) is 0 Å². The molecule has 0 saturated carbocycles. The zero-order valence-corrected chi connectivity index (χ0v) is 11.8. The van der Waals surface area contributed by atoms with Gasteiger partial charge in [0.05, 0.1) is 6.04 Å². The molecular weight excluding hydrogens is 280 g/mol. The molecule has 0 spiro atoms. The number of rotatable bonds is 4. The summed E-state index contributed by atoms with van der Waals surface area (Å²) in [6.07, 6.45) is 0.977. The van der Waals surface area contributed by atoms with E-state index in [1.807, 2.05) is 0 Å². The van der Waals surface area contributed by atoms with Gasteiger partial charge in [-0.2, -0.15) is 0 Å². The predicted molar refractivity (Wildman–Crippen MR) is 73.6 cm³/mol. The number of carbonyl (C=O) groups excluding carboxylic acids is 2. The average molecular weight is 296 g/mol. The van der Waals surface area contributed by atoms with Crippen molar-refractivity contribution in [3.63, 3.8) is 0 Å². The maximum Gasteiger partial charge on any atom is 0.292 e. The summed E-state index contributed by atoms with van der Waals surface area (Å²) >= 11 is 0. The van der Waals surface area contributed by atoms with Crippen molar-refractivity contribution in [2.75, 3.05) is 19.3 Å². The smallest absolute Gasteiger partial charge is 0.292 e. The Balaban J connectivity index is 2.55. The first-order valence-corrected chi connectivity index (χ1v) is 8.12. The molecule has 0 radical (unpaired) electrons. The van der Waals surface area contributed by atoms with Crippen LogP contribution in [0, 0.1) is 0 Å². The summed E-state index contributed by atoms with van der Waals surface area (Å²) in [5.74, 6) is -1.66. The van der Waals surface area contributed by atoms with E-state index in [4.69, 9.17) is 5.73 Å². The van der Waals surface area contributed by atoms with Crippen LogP contribution in [0.3, 0.4) is 0 Å². The third-order valence-corrected chi connectivity index (χ3v) is 4.72. The number of amides is 1. The summed E-state index contributed by atoms with van der Waals surface area (Å²) in [6.45, 7) is 0.314. The molecular formula is C13H16N2O4S. The number of hydrogen-bond acceptors (Lipinski definition) is 5. The molecule has 1 fully saturated rings. The predicted octanol–water partition coefficient (Wildman–Crippen LogP) is -0.489. The van der Waals surface area contributed by atoms with Crippen LogP contribution in [0.1, 0.15) is 11.6 Å². The van der Waals surface area contributed by atoms with Crippen LogP contribution in [0.5, 0.6) is 0 Å². The lowest BCUT2D eigenvalue weighted by Crippen LogP contribution is -2.36. The Morgan fingerprint density at radius 3 is 2.30 bits per heavy atom. The summed E-state index contributed by atoms with van der Waals surface area (Å²) in [5.41, 5.74) is 6.08. The van der Waals surface area contributed by atoms with Crippen LogP contribution in [0.25, 0.3) is 0 Å². The van der Waals surface area contributed by atoms with E-state index in [0.717, 1.165) is 6.26 Å². The maximum absolute atomic E-state index is 12.0. The number of sulfone groups is 1. The second-order valence-corrected chi connectivity index (χ2v) is 6.92. The van der Waals surface area contributed by atoms with Crippen molar-refractivity contribution in [1.29, 1.82) is 0 Å². The van der Waals surface area contributed by atoms with Gasteiger partial charge in [0.15, 0.2) is 15.1 Å². The zero-order chi connectivity index (χ0) is 14.9. The number of benzene rings is 1. The first-order chi connectivity index (χ1) is 9.38. The SMILES string of the molecule is CS(=O)(=O)C1C(=O)C(=O)N(CCN)C1c1ccccc1. The van der Waals surface area contributed by atoms with E-state index in [0.29, 0.717) is 5.56 Å². The minimum absolute atomic E-state index is 0.149. The van der Waals surface area contributed by atoms with Gasteiger partial charge in [0.25, 0.3) is 5.91 Å². The Labute approximate surface area is 117 Å². The van der Waals surface area contributed by atoms with Crippen molar-refractivity contribution >= 4 is 21.5 Å². The maximum atomic E-state index is 12.0. The van der Waals surface area contributed by atoms with Gasteiger partial charge >= 0.3 is 0 Å². The van der Waals surface area contributed by atoms with Gasteiger partial charge in [-0.25, -0.2) is 8.42 Å². The second kappa shape index (κ2) is 5.34. The average Bonchev–Trinajstić information content (AvgIpc) is 2.65. The Hall–Kier alpha value is -1.73. The number of nitrogens with zero attached hydrogens (tertiary/aromatic N) is 1.